The van der Waals surface area contributed by atoms with Crippen LogP contribution in [-0.4, -0.2) is 34.6 Å². The van der Waals surface area contributed by atoms with Gasteiger partial charge in [0, 0.05) is 5.75 Å². The Hall–Kier alpha value is -1.69. The topological polar surface area (TPSA) is 75.6 Å². The van der Waals surface area contributed by atoms with Crippen molar-refractivity contribution >= 4 is 23.8 Å². The molecule has 128 valence electrons. The molecule has 1 amide bonds. The Morgan fingerprint density at radius 2 is 1.87 bits per heavy atom. The summed E-state index contributed by atoms with van der Waals surface area (Å²) in [6.07, 6.45) is -0.348. The van der Waals surface area contributed by atoms with E-state index in [9.17, 15) is 14.7 Å². The fraction of sp³-hybridized carbons (Fsp3) is 0.529. The minimum atomic E-state index is -1.05. The summed E-state index contributed by atoms with van der Waals surface area (Å²) in [5, 5.41) is 11.6. The van der Waals surface area contributed by atoms with Gasteiger partial charge in [0.2, 0.25) is 0 Å². The molecule has 0 radical (unpaired) electrons. The van der Waals surface area contributed by atoms with Crippen molar-refractivity contribution < 1.29 is 19.4 Å². The second kappa shape index (κ2) is 8.82. The van der Waals surface area contributed by atoms with E-state index in [1.807, 2.05) is 6.92 Å². The number of hydrogen-bond donors (Lipinski definition) is 2. The summed E-state index contributed by atoms with van der Waals surface area (Å²) < 4.78 is 5.08. The number of ether oxygens (including phenoxy) is 1. The Kier molecular flexibility index (Phi) is 7.42. The lowest BCUT2D eigenvalue weighted by Gasteiger charge is -2.21. The molecule has 0 aliphatic heterocycles. The smallest absolute Gasteiger partial charge is 0.408 e. The summed E-state index contributed by atoms with van der Waals surface area (Å²) in [6, 6.07) is 7.31. The fourth-order valence-corrected chi connectivity index (χ4v) is 2.76. The quantitative estimate of drug-likeness (QED) is 0.742. The van der Waals surface area contributed by atoms with Gasteiger partial charge in [-0.3, -0.25) is 0 Å². The molecule has 0 saturated heterocycles. The van der Waals surface area contributed by atoms with E-state index in [1.165, 1.54) is 11.1 Å². The number of carboxylic acids is 1. The highest BCUT2D eigenvalue weighted by atomic mass is 32.2. The van der Waals surface area contributed by atoms with Crippen LogP contribution in [-0.2, 0) is 15.3 Å². The SMILES string of the molecule is Cc1ccc(CSCC[C@@H](NC(=O)OC(C)(C)C)C(=O)O)cc1. The maximum Gasteiger partial charge on any atom is 0.408 e. The number of amides is 1. The van der Waals surface area contributed by atoms with Crippen LogP contribution in [0.3, 0.4) is 0 Å². The van der Waals surface area contributed by atoms with Crippen LogP contribution in [0.1, 0.15) is 38.3 Å². The largest absolute Gasteiger partial charge is 0.480 e. The molecule has 0 saturated carbocycles. The lowest BCUT2D eigenvalue weighted by Crippen LogP contribution is -2.43. The number of thioether (sulfide) groups is 1. The Morgan fingerprint density at radius 1 is 1.26 bits per heavy atom. The van der Waals surface area contributed by atoms with Gasteiger partial charge in [0.15, 0.2) is 0 Å². The average Bonchev–Trinajstić information content (AvgIpc) is 2.42. The molecule has 5 nitrogen and oxygen atoms in total. The van der Waals surface area contributed by atoms with Gasteiger partial charge in [-0.15, -0.1) is 0 Å². The lowest BCUT2D eigenvalue weighted by atomic mass is 10.2. The van der Waals surface area contributed by atoms with Crippen LogP contribution in [0.4, 0.5) is 4.79 Å². The number of benzene rings is 1. The molecule has 0 heterocycles. The van der Waals surface area contributed by atoms with Gasteiger partial charge in [-0.1, -0.05) is 29.8 Å². The zero-order valence-electron chi connectivity index (χ0n) is 14.1. The monoisotopic (exact) mass is 339 g/mol. The average molecular weight is 339 g/mol. The van der Waals surface area contributed by atoms with Crippen LogP contribution in [0.5, 0.6) is 0 Å². The molecular weight excluding hydrogens is 314 g/mol. The van der Waals surface area contributed by atoms with Crippen LogP contribution < -0.4 is 5.32 Å². The second-order valence-corrected chi connectivity index (χ2v) is 7.47. The number of rotatable bonds is 7. The molecule has 0 unspecified atom stereocenters. The molecule has 0 spiro atoms. The molecule has 0 aromatic heterocycles. The zero-order valence-corrected chi connectivity index (χ0v) is 14.9. The number of nitrogens with one attached hydrogen (secondary N) is 1. The molecule has 6 heteroatoms. The van der Waals surface area contributed by atoms with Gasteiger partial charge in [-0.25, -0.2) is 9.59 Å². The summed E-state index contributed by atoms with van der Waals surface area (Å²) in [7, 11) is 0. The highest BCUT2D eigenvalue weighted by Crippen LogP contribution is 2.15. The van der Waals surface area contributed by atoms with Gasteiger partial charge in [-0.05, 0) is 45.4 Å². The van der Waals surface area contributed by atoms with Crippen molar-refractivity contribution in [2.75, 3.05) is 5.75 Å². The zero-order chi connectivity index (χ0) is 17.5. The van der Waals surface area contributed by atoms with E-state index >= 15 is 0 Å². The lowest BCUT2D eigenvalue weighted by molar-refractivity contribution is -0.139. The van der Waals surface area contributed by atoms with Crippen LogP contribution in [0.2, 0.25) is 0 Å². The van der Waals surface area contributed by atoms with Gasteiger partial charge in [-0.2, -0.15) is 11.8 Å². The first-order valence-corrected chi connectivity index (χ1v) is 8.68. The van der Waals surface area contributed by atoms with Crippen LogP contribution >= 0.6 is 11.8 Å². The Labute approximate surface area is 141 Å². The fourth-order valence-electron chi connectivity index (χ4n) is 1.78. The summed E-state index contributed by atoms with van der Waals surface area (Å²) >= 11 is 1.64. The highest BCUT2D eigenvalue weighted by molar-refractivity contribution is 7.98. The van der Waals surface area contributed by atoms with Crippen molar-refractivity contribution in [2.24, 2.45) is 0 Å². The summed E-state index contributed by atoms with van der Waals surface area (Å²) in [5.74, 6) is 0.409. The summed E-state index contributed by atoms with van der Waals surface area (Å²) in [6.45, 7) is 7.25. The second-order valence-electron chi connectivity index (χ2n) is 6.36. The van der Waals surface area contributed by atoms with Crippen LogP contribution in [0, 0.1) is 6.92 Å². The van der Waals surface area contributed by atoms with Crippen LogP contribution in [0.25, 0.3) is 0 Å². The Balaban J connectivity index is 2.37. The molecule has 1 aromatic carbocycles. The van der Waals surface area contributed by atoms with E-state index < -0.39 is 23.7 Å². The van der Waals surface area contributed by atoms with E-state index in [1.54, 1.807) is 32.5 Å². The molecule has 0 aliphatic carbocycles. The molecule has 0 fully saturated rings. The van der Waals surface area contributed by atoms with Crippen molar-refractivity contribution in [1.82, 2.24) is 5.32 Å². The number of carbonyl (C=O) groups excluding carboxylic acids is 1. The molecular formula is C17H25NO4S. The standard InChI is InChI=1S/C17H25NO4S/c1-12-5-7-13(8-6-12)11-23-10-9-14(15(19)20)18-16(21)22-17(2,3)4/h5-8,14H,9-11H2,1-4H3,(H,18,21)(H,19,20)/t14-/m1/s1. The Morgan fingerprint density at radius 3 is 2.39 bits per heavy atom. The third-order valence-corrected chi connectivity index (χ3v) is 3.99. The number of alkyl carbamates (subject to hydrolysis) is 1. The normalized spacial score (nSPS) is 12.5. The van der Waals surface area contributed by atoms with E-state index in [0.717, 1.165) is 5.75 Å². The Bertz CT molecular complexity index is 522. The van der Waals surface area contributed by atoms with Crippen molar-refractivity contribution in [1.29, 1.82) is 0 Å². The van der Waals surface area contributed by atoms with Gasteiger partial charge in [0.25, 0.3) is 0 Å². The summed E-state index contributed by atoms with van der Waals surface area (Å²) in [4.78, 5) is 22.9. The number of aryl methyl sites for hydroxylation is 1. The van der Waals surface area contributed by atoms with E-state index in [4.69, 9.17) is 4.74 Å². The first-order valence-electron chi connectivity index (χ1n) is 7.53. The predicted molar refractivity (Wildman–Crippen MR) is 92.8 cm³/mol. The highest BCUT2D eigenvalue weighted by Gasteiger charge is 2.23. The summed E-state index contributed by atoms with van der Waals surface area (Å²) in [5.41, 5.74) is 1.77. The number of carbonyl (C=O) groups is 2. The predicted octanol–water partition coefficient (Wildman–Crippen LogP) is 3.60. The van der Waals surface area contributed by atoms with Gasteiger partial charge < -0.3 is 15.2 Å². The molecule has 0 bridgehead atoms. The molecule has 2 N–H and O–H groups in total. The van der Waals surface area contributed by atoms with Gasteiger partial charge >= 0.3 is 12.1 Å². The van der Waals surface area contributed by atoms with Crippen molar-refractivity contribution in [2.45, 2.75) is 51.5 Å². The third-order valence-electron chi connectivity index (χ3n) is 2.93. The van der Waals surface area contributed by atoms with E-state index in [-0.39, 0.29) is 0 Å². The molecule has 23 heavy (non-hydrogen) atoms. The maximum absolute atomic E-state index is 11.7. The van der Waals surface area contributed by atoms with Crippen molar-refractivity contribution in [3.05, 3.63) is 35.4 Å². The molecule has 1 atom stereocenters. The minimum absolute atomic E-state index is 0.352. The maximum atomic E-state index is 11.7. The third kappa shape index (κ3) is 8.50. The van der Waals surface area contributed by atoms with Gasteiger partial charge in [0.05, 0.1) is 0 Å². The molecule has 1 rings (SSSR count). The van der Waals surface area contributed by atoms with E-state index in [0.29, 0.717) is 12.2 Å². The first kappa shape index (κ1) is 19.4. The number of carboxylic acid groups (broad SMARTS) is 1. The molecule has 0 aliphatic rings. The van der Waals surface area contributed by atoms with Crippen molar-refractivity contribution in [3.63, 3.8) is 0 Å². The minimum Gasteiger partial charge on any atom is -0.480 e. The molecule has 1 aromatic rings. The number of hydrogen-bond acceptors (Lipinski definition) is 4. The van der Waals surface area contributed by atoms with Gasteiger partial charge in [0.1, 0.15) is 11.6 Å². The van der Waals surface area contributed by atoms with Crippen LogP contribution in [0.15, 0.2) is 24.3 Å². The van der Waals surface area contributed by atoms with Crippen molar-refractivity contribution in [3.8, 4) is 0 Å². The number of aliphatic carboxylic acids is 1. The first-order chi connectivity index (χ1) is 10.7. The van der Waals surface area contributed by atoms with E-state index in [2.05, 4.69) is 29.6 Å².